The third-order valence-electron chi connectivity index (χ3n) is 10.4. The van der Waals surface area contributed by atoms with Crippen LogP contribution in [0.15, 0.2) is 36.4 Å². The van der Waals surface area contributed by atoms with Gasteiger partial charge in [0.05, 0.1) is 19.8 Å². The second kappa shape index (κ2) is 23.2. The van der Waals surface area contributed by atoms with Gasteiger partial charge in [-0.3, -0.25) is 30.7 Å². The summed E-state index contributed by atoms with van der Waals surface area (Å²) in [6.07, 6.45) is -0.755. The van der Waals surface area contributed by atoms with Crippen molar-refractivity contribution in [1.82, 2.24) is 30.7 Å². The molecule has 1 fully saturated rings. The summed E-state index contributed by atoms with van der Waals surface area (Å²) in [5.41, 5.74) is 7.17. The SMILES string of the molecule is Cc1cc(CNC(O)CO)c(O)c(CN2CCCN(Cc3cc(C)cc(CNC(O)CO)c3O)CCCN(Cc3cc(C)cc(CNC(O)CO)c3O)CCC2)c1. The van der Waals surface area contributed by atoms with E-state index >= 15 is 0 Å². The number of nitrogens with zero attached hydrogens (tertiary/aromatic N) is 3. The highest BCUT2D eigenvalue weighted by Crippen LogP contribution is 2.29. The highest BCUT2D eigenvalue weighted by Gasteiger charge is 2.20. The first-order chi connectivity index (χ1) is 27.3. The fourth-order valence-corrected chi connectivity index (χ4v) is 7.53. The van der Waals surface area contributed by atoms with E-state index in [0.29, 0.717) is 36.3 Å². The maximum atomic E-state index is 11.3. The first-order valence-corrected chi connectivity index (χ1v) is 20.0. The molecule has 1 aliphatic rings. The summed E-state index contributed by atoms with van der Waals surface area (Å²) in [5, 5.41) is 99.8. The standard InChI is InChI=1S/C42H66N6O9/c1-28-13-31(19-43-37(52)25-49)40(55)34(16-28)22-46-7-4-9-47(23-35-17-29(2)14-32(41(35)56)20-44-38(53)26-50)11-6-12-48(10-5-8-46)24-36-18-30(3)15-33(42(36)57)21-45-39(54)27-51/h13-18,37-39,43-45,49-57H,4-12,19-27H2,1-3H3. The van der Waals surface area contributed by atoms with Crippen LogP contribution in [0.2, 0.25) is 0 Å². The highest BCUT2D eigenvalue weighted by atomic mass is 16.3. The molecule has 15 nitrogen and oxygen atoms in total. The Balaban J connectivity index is 1.58. The minimum absolute atomic E-state index is 0.158. The number of aliphatic hydroxyl groups is 6. The number of hydrogen-bond acceptors (Lipinski definition) is 15. The van der Waals surface area contributed by atoms with Gasteiger partial charge in [0.15, 0.2) is 0 Å². The van der Waals surface area contributed by atoms with Crippen LogP contribution in [-0.4, -0.2) is 138 Å². The van der Waals surface area contributed by atoms with Crippen LogP contribution < -0.4 is 16.0 Å². The Bertz CT molecular complexity index is 1490. The number of rotatable bonds is 18. The molecule has 3 unspecified atom stereocenters. The van der Waals surface area contributed by atoms with Crippen molar-refractivity contribution in [2.45, 2.75) is 98.0 Å². The molecule has 3 aromatic carbocycles. The molecule has 0 saturated carbocycles. The fourth-order valence-electron chi connectivity index (χ4n) is 7.53. The van der Waals surface area contributed by atoms with Crippen molar-refractivity contribution in [1.29, 1.82) is 0 Å². The van der Waals surface area contributed by atoms with Gasteiger partial charge in [-0.05, 0) is 79.3 Å². The molecule has 0 aliphatic carbocycles. The summed E-state index contributed by atoms with van der Waals surface area (Å²) in [6, 6.07) is 11.6. The van der Waals surface area contributed by atoms with Crippen molar-refractivity contribution in [3.8, 4) is 17.2 Å². The summed E-state index contributed by atoms with van der Waals surface area (Å²) in [5.74, 6) is 0.475. The minimum atomic E-state index is -1.09. The average Bonchev–Trinajstić information content (AvgIpc) is 3.18. The summed E-state index contributed by atoms with van der Waals surface area (Å²) in [7, 11) is 0. The normalized spacial score (nSPS) is 17.2. The number of nitrogens with one attached hydrogen (secondary N) is 3. The first-order valence-electron chi connectivity index (χ1n) is 20.0. The Hall–Kier alpha value is -3.42. The van der Waals surface area contributed by atoms with Gasteiger partial charge >= 0.3 is 0 Å². The quantitative estimate of drug-likeness (QED) is 0.0804. The van der Waals surface area contributed by atoms with Gasteiger partial charge in [0.2, 0.25) is 0 Å². The van der Waals surface area contributed by atoms with E-state index in [2.05, 4.69) is 30.7 Å². The van der Waals surface area contributed by atoms with Gasteiger partial charge in [-0.1, -0.05) is 53.1 Å². The largest absolute Gasteiger partial charge is 0.507 e. The molecule has 0 amide bonds. The highest BCUT2D eigenvalue weighted by molar-refractivity contribution is 5.45. The molecule has 1 heterocycles. The molecule has 0 spiro atoms. The van der Waals surface area contributed by atoms with Crippen LogP contribution in [0.1, 0.15) is 69.3 Å². The Morgan fingerprint density at radius 1 is 0.439 bits per heavy atom. The number of aromatic hydroxyl groups is 3. The molecule has 3 aromatic rings. The maximum absolute atomic E-state index is 11.3. The van der Waals surface area contributed by atoms with E-state index in [9.17, 15) is 46.0 Å². The molecule has 0 bridgehead atoms. The molecule has 1 saturated heterocycles. The molecule has 57 heavy (non-hydrogen) atoms. The van der Waals surface area contributed by atoms with Crippen molar-refractivity contribution in [2.24, 2.45) is 0 Å². The van der Waals surface area contributed by atoms with E-state index in [1.807, 2.05) is 57.2 Å². The van der Waals surface area contributed by atoms with Crippen LogP contribution in [0.5, 0.6) is 17.2 Å². The van der Waals surface area contributed by atoms with Crippen LogP contribution >= 0.6 is 0 Å². The maximum Gasteiger partial charge on any atom is 0.128 e. The van der Waals surface area contributed by atoms with E-state index in [4.69, 9.17) is 0 Å². The van der Waals surface area contributed by atoms with Gasteiger partial charge in [0.1, 0.15) is 35.9 Å². The zero-order chi connectivity index (χ0) is 41.5. The van der Waals surface area contributed by atoms with Crippen molar-refractivity contribution in [3.63, 3.8) is 0 Å². The van der Waals surface area contributed by atoms with Gasteiger partial charge in [-0.2, -0.15) is 0 Å². The van der Waals surface area contributed by atoms with Crippen molar-refractivity contribution in [2.75, 3.05) is 59.1 Å². The van der Waals surface area contributed by atoms with E-state index < -0.39 is 38.5 Å². The summed E-state index contributed by atoms with van der Waals surface area (Å²) < 4.78 is 0. The first kappa shape index (κ1) is 46.3. The molecular weight excluding hydrogens is 732 g/mol. The van der Waals surface area contributed by atoms with Gasteiger partial charge in [-0.15, -0.1) is 0 Å². The number of aliphatic hydroxyl groups excluding tert-OH is 6. The monoisotopic (exact) mass is 798 g/mol. The number of aryl methyl sites for hydroxylation is 3. The van der Waals surface area contributed by atoms with Crippen LogP contribution in [0.3, 0.4) is 0 Å². The molecule has 12 N–H and O–H groups in total. The molecule has 1 aliphatic heterocycles. The van der Waals surface area contributed by atoms with Crippen molar-refractivity contribution in [3.05, 3.63) is 86.5 Å². The van der Waals surface area contributed by atoms with Crippen LogP contribution in [0.4, 0.5) is 0 Å². The van der Waals surface area contributed by atoms with E-state index in [0.717, 1.165) is 91.9 Å². The zero-order valence-electron chi connectivity index (χ0n) is 33.8. The molecule has 0 radical (unpaired) electrons. The number of hydrogen-bond donors (Lipinski definition) is 12. The lowest BCUT2D eigenvalue weighted by Gasteiger charge is -2.31. The summed E-state index contributed by atoms with van der Waals surface area (Å²) >= 11 is 0. The van der Waals surface area contributed by atoms with Gasteiger partial charge in [0.25, 0.3) is 0 Å². The van der Waals surface area contributed by atoms with Crippen LogP contribution in [-0.2, 0) is 39.3 Å². The summed E-state index contributed by atoms with van der Waals surface area (Å²) in [4.78, 5) is 7.02. The zero-order valence-corrected chi connectivity index (χ0v) is 33.8. The van der Waals surface area contributed by atoms with E-state index in [1.54, 1.807) is 0 Å². The summed E-state index contributed by atoms with van der Waals surface area (Å²) in [6.45, 7) is 11.2. The number of benzene rings is 3. The number of phenols is 3. The van der Waals surface area contributed by atoms with Crippen molar-refractivity contribution < 1.29 is 46.0 Å². The Morgan fingerprint density at radius 3 is 0.895 bits per heavy atom. The molecule has 4 rings (SSSR count). The third kappa shape index (κ3) is 14.7. The topological polar surface area (TPSA) is 228 Å². The van der Waals surface area contributed by atoms with Crippen LogP contribution in [0.25, 0.3) is 0 Å². The van der Waals surface area contributed by atoms with Gasteiger partial charge in [0, 0.05) is 72.6 Å². The number of phenolic OH excluding ortho intramolecular Hbond substituents is 3. The molecular formula is C42H66N6O9. The third-order valence-corrected chi connectivity index (χ3v) is 10.4. The Morgan fingerprint density at radius 2 is 0.667 bits per heavy atom. The molecule has 3 atom stereocenters. The lowest BCUT2D eigenvalue weighted by molar-refractivity contribution is 0.0663. The smallest absolute Gasteiger partial charge is 0.128 e. The second-order valence-corrected chi connectivity index (χ2v) is 15.4. The molecule has 15 heteroatoms. The second-order valence-electron chi connectivity index (χ2n) is 15.4. The Kier molecular flexibility index (Phi) is 18.9. The van der Waals surface area contributed by atoms with Gasteiger partial charge < -0.3 is 46.0 Å². The van der Waals surface area contributed by atoms with Crippen molar-refractivity contribution >= 4 is 0 Å². The predicted octanol–water partition coefficient (Wildman–Crippen LogP) is 0.920. The average molecular weight is 799 g/mol. The lowest BCUT2D eigenvalue weighted by atomic mass is 10.0. The molecule has 0 aromatic heterocycles. The Labute approximate surface area is 336 Å². The minimum Gasteiger partial charge on any atom is -0.507 e. The van der Waals surface area contributed by atoms with E-state index in [1.165, 1.54) is 0 Å². The predicted molar refractivity (Wildman–Crippen MR) is 218 cm³/mol. The van der Waals surface area contributed by atoms with Gasteiger partial charge in [-0.25, -0.2) is 0 Å². The lowest BCUT2D eigenvalue weighted by Crippen LogP contribution is -2.36. The van der Waals surface area contributed by atoms with E-state index in [-0.39, 0.29) is 36.9 Å². The van der Waals surface area contributed by atoms with Crippen LogP contribution in [0, 0.1) is 20.8 Å². The fraction of sp³-hybridized carbons (Fsp3) is 0.571. The molecule has 318 valence electrons.